The molecule has 1 aliphatic rings. The number of carbonyl (C=O) groups excluding carboxylic acids is 1. The van der Waals surface area contributed by atoms with Crippen molar-refractivity contribution in [2.24, 2.45) is 0 Å². The van der Waals surface area contributed by atoms with Crippen LogP contribution in [0.1, 0.15) is 15.9 Å². The van der Waals surface area contributed by atoms with Crippen LogP contribution in [0.3, 0.4) is 0 Å². The van der Waals surface area contributed by atoms with Gasteiger partial charge in [-0.2, -0.15) is 0 Å². The Morgan fingerprint density at radius 3 is 2.95 bits per heavy atom. The van der Waals surface area contributed by atoms with E-state index in [1.165, 1.54) is 11.0 Å². The minimum atomic E-state index is -0.521. The van der Waals surface area contributed by atoms with Gasteiger partial charge in [-0.3, -0.25) is 14.9 Å². The molecule has 1 aliphatic heterocycles. The van der Waals surface area contributed by atoms with Gasteiger partial charge in [0.1, 0.15) is 5.56 Å². The predicted molar refractivity (Wildman–Crippen MR) is 77.4 cm³/mol. The molecule has 0 bridgehead atoms. The van der Waals surface area contributed by atoms with Gasteiger partial charge in [-0.25, -0.2) is 0 Å². The van der Waals surface area contributed by atoms with Crippen LogP contribution in [0.2, 0.25) is 0 Å². The second-order valence-corrected chi connectivity index (χ2v) is 5.11. The lowest BCUT2D eigenvalue weighted by Gasteiger charge is -2.28. The quantitative estimate of drug-likeness (QED) is 0.660. The molecule has 0 saturated carbocycles. The molecule has 1 aromatic carbocycles. The summed E-state index contributed by atoms with van der Waals surface area (Å²) in [7, 11) is 1.64. The number of hydrogen-bond donors (Lipinski definition) is 1. The number of nitro benzene ring substituents is 1. The van der Waals surface area contributed by atoms with E-state index < -0.39 is 4.92 Å². The van der Waals surface area contributed by atoms with Crippen LogP contribution in [0.5, 0.6) is 0 Å². The van der Waals surface area contributed by atoms with E-state index in [1.54, 1.807) is 26.1 Å². The topological polar surface area (TPSA) is 84.7 Å². The van der Waals surface area contributed by atoms with Crippen LogP contribution in [0, 0.1) is 17.0 Å². The molecule has 114 valence electrons. The molecule has 0 aliphatic carbocycles. The first kappa shape index (κ1) is 15.4. The maximum atomic E-state index is 12.5. The summed E-state index contributed by atoms with van der Waals surface area (Å²) in [5, 5.41) is 14.3. The van der Waals surface area contributed by atoms with Gasteiger partial charge in [0.15, 0.2) is 0 Å². The number of carbonyl (C=O) groups is 1. The SMILES string of the molecule is Cc1cccc([N+](=O)[O-])c1C(=O)N(C)CC1CNCCO1. The van der Waals surface area contributed by atoms with Crippen molar-refractivity contribution in [3.8, 4) is 0 Å². The molecule has 2 rings (SSSR count). The standard InChI is InChI=1S/C14H19N3O4/c1-10-4-3-5-12(17(19)20)13(10)14(18)16(2)9-11-8-15-6-7-21-11/h3-5,11,15H,6-9H2,1-2H3. The Kier molecular flexibility index (Phi) is 4.87. The number of rotatable bonds is 4. The maximum Gasteiger partial charge on any atom is 0.282 e. The molecule has 1 unspecified atom stereocenters. The second-order valence-electron chi connectivity index (χ2n) is 5.11. The molecule has 0 radical (unpaired) electrons. The Hall–Kier alpha value is -1.99. The summed E-state index contributed by atoms with van der Waals surface area (Å²) >= 11 is 0. The number of ether oxygens (including phenoxy) is 1. The van der Waals surface area contributed by atoms with Crippen molar-refractivity contribution in [3.05, 3.63) is 39.4 Å². The van der Waals surface area contributed by atoms with Crippen molar-refractivity contribution < 1.29 is 14.5 Å². The Morgan fingerprint density at radius 1 is 1.57 bits per heavy atom. The number of amides is 1. The van der Waals surface area contributed by atoms with Gasteiger partial charge in [-0.1, -0.05) is 12.1 Å². The second kappa shape index (κ2) is 6.64. The summed E-state index contributed by atoms with van der Waals surface area (Å²) in [5.74, 6) is -0.353. The Bertz CT molecular complexity index is 541. The molecule has 0 aromatic heterocycles. The van der Waals surface area contributed by atoms with Crippen LogP contribution in [-0.4, -0.2) is 55.1 Å². The van der Waals surface area contributed by atoms with E-state index in [2.05, 4.69) is 5.32 Å². The third kappa shape index (κ3) is 3.56. The summed E-state index contributed by atoms with van der Waals surface area (Å²) in [6.45, 7) is 4.19. The predicted octanol–water partition coefficient (Wildman–Crippen LogP) is 0.964. The zero-order valence-electron chi connectivity index (χ0n) is 12.2. The minimum absolute atomic E-state index is 0.0872. The van der Waals surface area contributed by atoms with Gasteiger partial charge < -0.3 is 15.0 Å². The van der Waals surface area contributed by atoms with Gasteiger partial charge in [-0.05, 0) is 12.5 Å². The van der Waals surface area contributed by atoms with Gasteiger partial charge in [0.2, 0.25) is 0 Å². The Morgan fingerprint density at radius 2 is 2.33 bits per heavy atom. The average molecular weight is 293 g/mol. The number of likely N-dealkylation sites (N-methyl/N-ethyl adjacent to an activating group) is 1. The summed E-state index contributed by atoms with van der Waals surface area (Å²) in [4.78, 5) is 24.6. The molecular weight excluding hydrogens is 274 g/mol. The van der Waals surface area contributed by atoms with E-state index in [9.17, 15) is 14.9 Å². The molecule has 1 fully saturated rings. The van der Waals surface area contributed by atoms with E-state index in [0.29, 0.717) is 25.3 Å². The third-order valence-electron chi connectivity index (χ3n) is 3.49. The lowest BCUT2D eigenvalue weighted by molar-refractivity contribution is -0.385. The van der Waals surface area contributed by atoms with Crippen LogP contribution in [0.25, 0.3) is 0 Å². The van der Waals surface area contributed by atoms with Crippen molar-refractivity contribution in [1.29, 1.82) is 0 Å². The van der Waals surface area contributed by atoms with E-state index in [-0.39, 0.29) is 23.3 Å². The van der Waals surface area contributed by atoms with Gasteiger partial charge in [-0.15, -0.1) is 0 Å². The monoisotopic (exact) mass is 293 g/mol. The molecule has 7 nitrogen and oxygen atoms in total. The number of benzene rings is 1. The number of nitro groups is 1. The van der Waals surface area contributed by atoms with Gasteiger partial charge in [0.25, 0.3) is 11.6 Å². The average Bonchev–Trinajstić information content (AvgIpc) is 2.47. The van der Waals surface area contributed by atoms with Crippen LogP contribution in [0.15, 0.2) is 18.2 Å². The first-order chi connectivity index (χ1) is 10.0. The Labute approximate surface area is 123 Å². The molecule has 1 atom stereocenters. The van der Waals surface area contributed by atoms with Gasteiger partial charge in [0, 0.05) is 32.7 Å². The summed E-state index contributed by atoms with van der Waals surface area (Å²) < 4.78 is 5.55. The number of aryl methyl sites for hydroxylation is 1. The van der Waals surface area contributed by atoms with Crippen molar-refractivity contribution >= 4 is 11.6 Å². The fourth-order valence-corrected chi connectivity index (χ4v) is 2.40. The number of nitrogens with zero attached hydrogens (tertiary/aromatic N) is 2. The van der Waals surface area contributed by atoms with Crippen LogP contribution >= 0.6 is 0 Å². The normalized spacial score (nSPS) is 18.3. The van der Waals surface area contributed by atoms with E-state index >= 15 is 0 Å². The number of morpholine rings is 1. The lowest BCUT2D eigenvalue weighted by Crippen LogP contribution is -2.45. The molecular formula is C14H19N3O4. The molecule has 1 aromatic rings. The first-order valence-electron chi connectivity index (χ1n) is 6.82. The maximum absolute atomic E-state index is 12.5. The highest BCUT2D eigenvalue weighted by atomic mass is 16.6. The first-order valence-corrected chi connectivity index (χ1v) is 6.82. The van der Waals surface area contributed by atoms with Crippen LogP contribution in [0.4, 0.5) is 5.69 Å². The van der Waals surface area contributed by atoms with Crippen molar-refractivity contribution in [3.63, 3.8) is 0 Å². The zero-order valence-corrected chi connectivity index (χ0v) is 12.2. The highest BCUT2D eigenvalue weighted by molar-refractivity contribution is 5.99. The zero-order chi connectivity index (χ0) is 15.4. The molecule has 21 heavy (non-hydrogen) atoms. The van der Waals surface area contributed by atoms with Gasteiger partial charge >= 0.3 is 0 Å². The molecule has 1 saturated heterocycles. The number of nitrogens with one attached hydrogen (secondary N) is 1. The number of hydrogen-bond acceptors (Lipinski definition) is 5. The summed E-state index contributed by atoms with van der Waals surface area (Å²) in [5.41, 5.74) is 0.590. The van der Waals surface area contributed by atoms with Crippen LogP contribution in [-0.2, 0) is 4.74 Å². The van der Waals surface area contributed by atoms with Gasteiger partial charge in [0.05, 0.1) is 17.6 Å². The molecule has 1 heterocycles. The van der Waals surface area contributed by atoms with E-state index in [1.807, 2.05) is 0 Å². The fourth-order valence-electron chi connectivity index (χ4n) is 2.40. The fraction of sp³-hybridized carbons (Fsp3) is 0.500. The third-order valence-corrected chi connectivity index (χ3v) is 3.49. The highest BCUT2D eigenvalue weighted by Gasteiger charge is 2.26. The van der Waals surface area contributed by atoms with Crippen LogP contribution < -0.4 is 5.32 Å². The van der Waals surface area contributed by atoms with Crippen molar-refractivity contribution in [2.75, 3.05) is 33.3 Å². The molecule has 0 spiro atoms. The molecule has 7 heteroatoms. The molecule has 1 N–H and O–H groups in total. The van der Waals surface area contributed by atoms with Crippen molar-refractivity contribution in [2.45, 2.75) is 13.0 Å². The van der Waals surface area contributed by atoms with E-state index in [0.717, 1.165) is 6.54 Å². The largest absolute Gasteiger partial charge is 0.374 e. The minimum Gasteiger partial charge on any atom is -0.374 e. The van der Waals surface area contributed by atoms with Crippen molar-refractivity contribution in [1.82, 2.24) is 10.2 Å². The molecule has 1 amide bonds. The van der Waals surface area contributed by atoms with E-state index in [4.69, 9.17) is 4.74 Å². The summed E-state index contributed by atoms with van der Waals surface area (Å²) in [6, 6.07) is 4.64. The lowest BCUT2D eigenvalue weighted by atomic mass is 10.1. The smallest absolute Gasteiger partial charge is 0.282 e. The summed E-state index contributed by atoms with van der Waals surface area (Å²) in [6.07, 6.45) is -0.0872. The Balaban J connectivity index is 2.17. The highest BCUT2D eigenvalue weighted by Crippen LogP contribution is 2.23.